The topological polar surface area (TPSA) is 46.9 Å². The van der Waals surface area contributed by atoms with Gasteiger partial charge in [0, 0.05) is 16.8 Å². The lowest BCUT2D eigenvalue weighted by Crippen LogP contribution is -2.11. The minimum absolute atomic E-state index is 0.166. The van der Waals surface area contributed by atoms with E-state index in [1.54, 1.807) is 28.8 Å². The highest BCUT2D eigenvalue weighted by atomic mass is 32.2. The number of hydrogen-bond acceptors (Lipinski definition) is 3. The second-order valence-electron chi connectivity index (χ2n) is 4.70. The normalized spacial score (nSPS) is 10.4. The van der Waals surface area contributed by atoms with Gasteiger partial charge in [0.05, 0.1) is 17.4 Å². The molecule has 4 nitrogen and oxygen atoms in total. The van der Waals surface area contributed by atoms with Gasteiger partial charge in [0.25, 0.3) is 5.91 Å². The van der Waals surface area contributed by atoms with Crippen molar-refractivity contribution in [3.63, 3.8) is 0 Å². The summed E-state index contributed by atoms with van der Waals surface area (Å²) in [6.07, 6.45) is 5.30. The molecule has 1 amide bonds. The molecule has 110 valence electrons. The predicted octanol–water partition coefficient (Wildman–Crippen LogP) is 3.85. The van der Waals surface area contributed by atoms with Crippen molar-refractivity contribution in [2.24, 2.45) is 0 Å². The summed E-state index contributed by atoms with van der Waals surface area (Å²) in [5.74, 6) is -0.166. The fourth-order valence-corrected chi connectivity index (χ4v) is 2.53. The second kappa shape index (κ2) is 6.49. The first-order valence-corrected chi connectivity index (χ1v) is 8.04. The number of carbonyl (C=O) groups is 1. The first-order chi connectivity index (χ1) is 10.8. The van der Waals surface area contributed by atoms with Gasteiger partial charge in [0.15, 0.2) is 0 Å². The van der Waals surface area contributed by atoms with Gasteiger partial charge in [-0.05, 0) is 36.6 Å². The van der Waals surface area contributed by atoms with Crippen LogP contribution in [0.1, 0.15) is 10.4 Å². The van der Waals surface area contributed by atoms with Crippen LogP contribution in [0.25, 0.3) is 5.69 Å². The molecule has 22 heavy (non-hydrogen) atoms. The Morgan fingerprint density at radius 1 is 1.14 bits per heavy atom. The zero-order valence-corrected chi connectivity index (χ0v) is 12.9. The SMILES string of the molecule is CSc1cccc(NC(=O)c2cnn(-c3ccccc3)c2)c1. The van der Waals surface area contributed by atoms with Crippen LogP contribution in [-0.4, -0.2) is 21.9 Å². The highest BCUT2D eigenvalue weighted by Gasteiger charge is 2.10. The van der Waals surface area contributed by atoms with Crippen LogP contribution in [0.15, 0.2) is 71.9 Å². The number of thioether (sulfide) groups is 1. The maximum Gasteiger partial charge on any atom is 0.258 e. The Labute approximate surface area is 133 Å². The molecule has 1 aromatic heterocycles. The highest BCUT2D eigenvalue weighted by molar-refractivity contribution is 7.98. The van der Waals surface area contributed by atoms with Gasteiger partial charge in [-0.25, -0.2) is 4.68 Å². The molecule has 3 aromatic rings. The summed E-state index contributed by atoms with van der Waals surface area (Å²) in [5.41, 5.74) is 2.23. The number of amides is 1. The highest BCUT2D eigenvalue weighted by Crippen LogP contribution is 2.19. The number of aromatic nitrogens is 2. The maximum absolute atomic E-state index is 12.3. The number of nitrogens with one attached hydrogen (secondary N) is 1. The Hall–Kier alpha value is -2.53. The Bertz CT molecular complexity index is 783. The van der Waals surface area contributed by atoms with Gasteiger partial charge in [0.1, 0.15) is 0 Å². The van der Waals surface area contributed by atoms with Gasteiger partial charge < -0.3 is 5.32 Å². The number of rotatable bonds is 4. The Morgan fingerprint density at radius 2 is 1.95 bits per heavy atom. The molecular formula is C17H15N3OS. The van der Waals surface area contributed by atoms with Crippen LogP contribution in [0.2, 0.25) is 0 Å². The molecule has 5 heteroatoms. The number of para-hydroxylation sites is 1. The van der Waals surface area contributed by atoms with E-state index in [1.165, 1.54) is 0 Å². The van der Waals surface area contributed by atoms with Crippen molar-refractivity contribution in [1.82, 2.24) is 9.78 Å². The Balaban J connectivity index is 1.77. The standard InChI is InChI=1S/C17H15N3OS/c1-22-16-9-5-6-14(10-16)19-17(21)13-11-18-20(12-13)15-7-3-2-4-8-15/h2-12H,1H3,(H,19,21). The van der Waals surface area contributed by atoms with Crippen molar-refractivity contribution in [2.45, 2.75) is 4.90 Å². The second-order valence-corrected chi connectivity index (χ2v) is 5.57. The number of hydrogen-bond donors (Lipinski definition) is 1. The van der Waals surface area contributed by atoms with Gasteiger partial charge in [-0.1, -0.05) is 24.3 Å². The average Bonchev–Trinajstić information content (AvgIpc) is 3.06. The molecule has 0 atom stereocenters. The fraction of sp³-hybridized carbons (Fsp3) is 0.0588. The van der Waals surface area contributed by atoms with Gasteiger partial charge in [0.2, 0.25) is 0 Å². The van der Waals surface area contributed by atoms with Crippen molar-refractivity contribution >= 4 is 23.4 Å². The van der Waals surface area contributed by atoms with E-state index >= 15 is 0 Å². The van der Waals surface area contributed by atoms with E-state index in [1.807, 2.05) is 60.9 Å². The lowest BCUT2D eigenvalue weighted by molar-refractivity contribution is 0.102. The largest absolute Gasteiger partial charge is 0.322 e. The lowest BCUT2D eigenvalue weighted by Gasteiger charge is -2.05. The monoisotopic (exact) mass is 309 g/mol. The quantitative estimate of drug-likeness (QED) is 0.745. The van der Waals surface area contributed by atoms with Crippen molar-refractivity contribution < 1.29 is 4.79 Å². The van der Waals surface area contributed by atoms with E-state index in [0.717, 1.165) is 16.3 Å². The van der Waals surface area contributed by atoms with E-state index in [2.05, 4.69) is 10.4 Å². The van der Waals surface area contributed by atoms with E-state index in [9.17, 15) is 4.79 Å². The van der Waals surface area contributed by atoms with Crippen molar-refractivity contribution in [2.75, 3.05) is 11.6 Å². The smallest absolute Gasteiger partial charge is 0.258 e. The van der Waals surface area contributed by atoms with Crippen LogP contribution in [0.3, 0.4) is 0 Å². The number of carbonyl (C=O) groups excluding carboxylic acids is 1. The van der Waals surface area contributed by atoms with Gasteiger partial charge in [-0.15, -0.1) is 11.8 Å². The molecule has 0 saturated heterocycles. The van der Waals surface area contributed by atoms with Crippen LogP contribution in [0.4, 0.5) is 5.69 Å². The maximum atomic E-state index is 12.3. The minimum atomic E-state index is -0.166. The molecule has 3 rings (SSSR count). The van der Waals surface area contributed by atoms with E-state index in [0.29, 0.717) is 5.56 Å². The Morgan fingerprint density at radius 3 is 2.73 bits per heavy atom. The number of benzene rings is 2. The number of nitrogens with zero attached hydrogens (tertiary/aromatic N) is 2. The molecule has 0 unspecified atom stereocenters. The van der Waals surface area contributed by atoms with Crippen molar-refractivity contribution in [3.8, 4) is 5.69 Å². The summed E-state index contributed by atoms with van der Waals surface area (Å²) in [6, 6.07) is 17.5. The molecule has 0 aliphatic rings. The van der Waals surface area contributed by atoms with Gasteiger partial charge in [-0.3, -0.25) is 4.79 Å². The molecule has 0 radical (unpaired) electrons. The van der Waals surface area contributed by atoms with Crippen LogP contribution < -0.4 is 5.32 Å². The van der Waals surface area contributed by atoms with E-state index < -0.39 is 0 Å². The van der Waals surface area contributed by atoms with Crippen LogP contribution in [-0.2, 0) is 0 Å². The first-order valence-electron chi connectivity index (χ1n) is 6.82. The first kappa shape index (κ1) is 14.4. The van der Waals surface area contributed by atoms with Gasteiger partial charge in [-0.2, -0.15) is 5.10 Å². The van der Waals surface area contributed by atoms with Crippen LogP contribution >= 0.6 is 11.8 Å². The fourth-order valence-electron chi connectivity index (χ4n) is 2.07. The lowest BCUT2D eigenvalue weighted by atomic mass is 10.3. The molecule has 0 fully saturated rings. The third kappa shape index (κ3) is 3.20. The molecule has 0 bridgehead atoms. The van der Waals surface area contributed by atoms with Gasteiger partial charge >= 0.3 is 0 Å². The molecule has 0 aliphatic heterocycles. The minimum Gasteiger partial charge on any atom is -0.322 e. The molecule has 1 N–H and O–H groups in total. The summed E-state index contributed by atoms with van der Waals surface area (Å²) in [7, 11) is 0. The average molecular weight is 309 g/mol. The predicted molar refractivity (Wildman–Crippen MR) is 89.7 cm³/mol. The van der Waals surface area contributed by atoms with Crippen molar-refractivity contribution in [3.05, 3.63) is 72.6 Å². The molecule has 0 aliphatic carbocycles. The molecule has 0 saturated carbocycles. The van der Waals surface area contributed by atoms with Crippen molar-refractivity contribution in [1.29, 1.82) is 0 Å². The van der Waals surface area contributed by atoms with E-state index in [4.69, 9.17) is 0 Å². The third-order valence-electron chi connectivity index (χ3n) is 3.19. The van der Waals surface area contributed by atoms with Crippen LogP contribution in [0.5, 0.6) is 0 Å². The summed E-state index contributed by atoms with van der Waals surface area (Å²) in [4.78, 5) is 13.4. The molecule has 0 spiro atoms. The summed E-state index contributed by atoms with van der Waals surface area (Å²) in [5, 5.41) is 7.13. The Kier molecular flexibility index (Phi) is 4.25. The van der Waals surface area contributed by atoms with Crippen LogP contribution in [0, 0.1) is 0 Å². The molecule has 2 aromatic carbocycles. The zero-order chi connectivity index (χ0) is 15.4. The number of anilines is 1. The van der Waals surface area contributed by atoms with E-state index in [-0.39, 0.29) is 5.91 Å². The third-order valence-corrected chi connectivity index (χ3v) is 3.92. The summed E-state index contributed by atoms with van der Waals surface area (Å²) < 4.78 is 1.69. The molecular weight excluding hydrogens is 294 g/mol. The molecule has 1 heterocycles. The summed E-state index contributed by atoms with van der Waals surface area (Å²) >= 11 is 1.64. The summed E-state index contributed by atoms with van der Waals surface area (Å²) in [6.45, 7) is 0. The zero-order valence-electron chi connectivity index (χ0n) is 12.1.